The normalized spacial score (nSPS) is 16.7. The van der Waals surface area contributed by atoms with Gasteiger partial charge in [-0.3, -0.25) is 0 Å². The van der Waals surface area contributed by atoms with Gasteiger partial charge in [0.15, 0.2) is 0 Å². The van der Waals surface area contributed by atoms with E-state index >= 15 is 0 Å². The molecular weight excluding hydrogens is 351 g/mol. The number of fused-ring (bicyclic) bond motifs is 1. The molecule has 1 aliphatic rings. The highest BCUT2D eigenvalue weighted by molar-refractivity contribution is 7.91. The molecule has 1 atom stereocenters. The summed E-state index contributed by atoms with van der Waals surface area (Å²) < 4.78 is 28.7. The zero-order chi connectivity index (χ0) is 14.3. The van der Waals surface area contributed by atoms with Gasteiger partial charge in [0.1, 0.15) is 4.21 Å². The van der Waals surface area contributed by atoms with Crippen LogP contribution in [0.15, 0.2) is 28.5 Å². The summed E-state index contributed by atoms with van der Waals surface area (Å²) in [4.78, 5) is 0. The molecule has 4 nitrogen and oxygen atoms in total. The topological polar surface area (TPSA) is 72.2 Å². The lowest BCUT2D eigenvalue weighted by Gasteiger charge is -2.15. The molecule has 116 valence electrons. The summed E-state index contributed by atoms with van der Waals surface area (Å²) in [7, 11) is -3.51. The third kappa shape index (κ3) is 3.70. The van der Waals surface area contributed by atoms with Crippen molar-refractivity contribution in [1.82, 2.24) is 4.72 Å². The maximum atomic E-state index is 12.4. The van der Waals surface area contributed by atoms with Crippen molar-refractivity contribution in [2.75, 3.05) is 6.54 Å². The summed E-state index contributed by atoms with van der Waals surface area (Å²) >= 11 is 7.17. The largest absolute Gasteiger partial charge is 0.329 e. The molecule has 1 aromatic heterocycles. The fraction of sp³-hybridized carbons (Fsp3) is 0.385. The molecule has 3 rings (SSSR count). The molecule has 1 fully saturated rings. The van der Waals surface area contributed by atoms with Crippen LogP contribution in [0.2, 0.25) is 5.02 Å². The smallest absolute Gasteiger partial charge is 0.250 e. The molecule has 1 saturated carbocycles. The predicted octanol–water partition coefficient (Wildman–Crippen LogP) is 2.99. The molecule has 0 saturated heterocycles. The Morgan fingerprint density at radius 2 is 2.10 bits per heavy atom. The van der Waals surface area contributed by atoms with Crippen LogP contribution >= 0.6 is 35.3 Å². The lowest BCUT2D eigenvalue weighted by atomic mass is 10.2. The van der Waals surface area contributed by atoms with Crippen LogP contribution in [0.3, 0.4) is 0 Å². The van der Waals surface area contributed by atoms with E-state index in [1.165, 1.54) is 11.3 Å². The van der Waals surface area contributed by atoms with E-state index in [1.807, 2.05) is 6.07 Å². The van der Waals surface area contributed by atoms with Crippen molar-refractivity contribution < 1.29 is 8.42 Å². The van der Waals surface area contributed by atoms with Crippen LogP contribution in [-0.2, 0) is 10.0 Å². The van der Waals surface area contributed by atoms with E-state index in [0.29, 0.717) is 21.7 Å². The molecule has 1 heterocycles. The molecule has 1 aromatic carbocycles. The number of halogens is 2. The third-order valence-electron chi connectivity index (χ3n) is 3.47. The molecular formula is C13H16Cl2N2O2S2. The molecule has 0 radical (unpaired) electrons. The zero-order valence-corrected chi connectivity index (χ0v) is 14.3. The number of nitrogens with one attached hydrogen (secondary N) is 1. The van der Waals surface area contributed by atoms with Gasteiger partial charge in [0.2, 0.25) is 10.0 Å². The van der Waals surface area contributed by atoms with Crippen LogP contribution < -0.4 is 10.5 Å². The van der Waals surface area contributed by atoms with Gasteiger partial charge in [0.05, 0.1) is 0 Å². The maximum Gasteiger partial charge on any atom is 0.250 e. The van der Waals surface area contributed by atoms with Gasteiger partial charge in [0, 0.05) is 22.3 Å². The first-order chi connectivity index (χ1) is 9.49. The van der Waals surface area contributed by atoms with Crippen molar-refractivity contribution in [3.05, 3.63) is 29.3 Å². The lowest BCUT2D eigenvalue weighted by Crippen LogP contribution is -2.41. The van der Waals surface area contributed by atoms with Gasteiger partial charge in [0.25, 0.3) is 0 Å². The zero-order valence-electron chi connectivity index (χ0n) is 11.1. The second-order valence-electron chi connectivity index (χ2n) is 5.05. The number of benzene rings is 1. The van der Waals surface area contributed by atoms with Gasteiger partial charge < -0.3 is 5.73 Å². The van der Waals surface area contributed by atoms with E-state index in [9.17, 15) is 8.42 Å². The van der Waals surface area contributed by atoms with E-state index in [0.717, 1.165) is 22.9 Å². The van der Waals surface area contributed by atoms with E-state index < -0.39 is 10.0 Å². The minimum atomic E-state index is -3.51. The molecule has 1 unspecified atom stereocenters. The third-order valence-corrected chi connectivity index (χ3v) is 6.79. The average Bonchev–Trinajstić information content (AvgIpc) is 3.15. The van der Waals surface area contributed by atoms with Crippen molar-refractivity contribution in [3.8, 4) is 0 Å². The van der Waals surface area contributed by atoms with E-state index in [1.54, 1.807) is 18.2 Å². The van der Waals surface area contributed by atoms with E-state index in [2.05, 4.69) is 4.72 Å². The Labute approximate surface area is 139 Å². The lowest BCUT2D eigenvalue weighted by molar-refractivity contribution is 0.520. The molecule has 0 bridgehead atoms. The Kier molecular flexibility index (Phi) is 5.18. The van der Waals surface area contributed by atoms with Gasteiger partial charge in [-0.05, 0) is 48.4 Å². The Morgan fingerprint density at radius 1 is 1.38 bits per heavy atom. The first kappa shape index (κ1) is 17.0. The quantitative estimate of drug-likeness (QED) is 0.853. The van der Waals surface area contributed by atoms with E-state index in [4.69, 9.17) is 17.3 Å². The van der Waals surface area contributed by atoms with Crippen molar-refractivity contribution in [1.29, 1.82) is 0 Å². The fourth-order valence-corrected chi connectivity index (χ4v) is 5.11. The van der Waals surface area contributed by atoms with Gasteiger partial charge in [-0.2, -0.15) is 0 Å². The number of hydrogen-bond acceptors (Lipinski definition) is 4. The Balaban J connectivity index is 0.00000161. The number of rotatable bonds is 5. The minimum absolute atomic E-state index is 0. The molecule has 2 aromatic rings. The Morgan fingerprint density at radius 3 is 2.71 bits per heavy atom. The molecule has 1 aliphatic carbocycles. The molecule has 3 N–H and O–H groups in total. The van der Waals surface area contributed by atoms with Gasteiger partial charge in [-0.15, -0.1) is 23.7 Å². The number of thiophene rings is 1. The van der Waals surface area contributed by atoms with Crippen LogP contribution in [-0.4, -0.2) is 21.0 Å². The standard InChI is InChI=1S/C13H15ClN2O2S2.ClH/c14-10-3-4-12-9(5-10)6-13(19-12)20(17,18)16-11(7-15)8-1-2-8;/h3-6,8,11,16H,1-2,7,15H2;1H. The predicted molar refractivity (Wildman–Crippen MR) is 90.0 cm³/mol. The summed E-state index contributed by atoms with van der Waals surface area (Å²) in [5.74, 6) is 0.388. The van der Waals surface area contributed by atoms with Crippen LogP contribution in [0.1, 0.15) is 12.8 Å². The average molecular weight is 367 g/mol. The fourth-order valence-electron chi connectivity index (χ4n) is 2.22. The van der Waals surface area contributed by atoms with Crippen LogP contribution in [0.4, 0.5) is 0 Å². The van der Waals surface area contributed by atoms with E-state index in [-0.39, 0.29) is 18.4 Å². The maximum absolute atomic E-state index is 12.4. The summed E-state index contributed by atoms with van der Waals surface area (Å²) in [6, 6.07) is 6.87. The Bertz CT molecular complexity index is 742. The van der Waals surface area contributed by atoms with Crippen molar-refractivity contribution in [2.24, 2.45) is 11.7 Å². The van der Waals surface area contributed by atoms with Crippen molar-refractivity contribution in [3.63, 3.8) is 0 Å². The highest BCUT2D eigenvalue weighted by atomic mass is 35.5. The highest BCUT2D eigenvalue weighted by Crippen LogP contribution is 2.34. The molecule has 0 amide bonds. The monoisotopic (exact) mass is 366 g/mol. The van der Waals surface area contributed by atoms with Crippen molar-refractivity contribution in [2.45, 2.75) is 23.1 Å². The van der Waals surface area contributed by atoms with Crippen LogP contribution in [0.25, 0.3) is 10.1 Å². The Hall–Kier alpha value is -0.370. The number of sulfonamides is 1. The second kappa shape index (κ2) is 6.40. The SMILES string of the molecule is Cl.NCC(NS(=O)(=O)c1cc2cc(Cl)ccc2s1)C1CC1. The molecule has 0 aliphatic heterocycles. The first-order valence-electron chi connectivity index (χ1n) is 6.41. The highest BCUT2D eigenvalue weighted by Gasteiger charge is 2.33. The van der Waals surface area contributed by atoms with Crippen molar-refractivity contribution >= 4 is 55.5 Å². The molecule has 8 heteroatoms. The summed E-state index contributed by atoms with van der Waals surface area (Å²) in [5.41, 5.74) is 5.65. The first-order valence-corrected chi connectivity index (χ1v) is 9.09. The second-order valence-corrected chi connectivity index (χ2v) is 8.51. The van der Waals surface area contributed by atoms with Crippen LogP contribution in [0.5, 0.6) is 0 Å². The summed E-state index contributed by atoms with van der Waals surface area (Å²) in [5, 5.41) is 1.45. The molecule has 0 spiro atoms. The number of hydrogen-bond donors (Lipinski definition) is 2. The number of nitrogens with two attached hydrogens (primary N) is 1. The van der Waals surface area contributed by atoms with Crippen LogP contribution in [0, 0.1) is 5.92 Å². The van der Waals surface area contributed by atoms with Gasteiger partial charge in [-0.1, -0.05) is 11.6 Å². The molecule has 21 heavy (non-hydrogen) atoms. The van der Waals surface area contributed by atoms with Gasteiger partial charge in [-0.25, -0.2) is 13.1 Å². The minimum Gasteiger partial charge on any atom is -0.329 e. The summed E-state index contributed by atoms with van der Waals surface area (Å²) in [6.45, 7) is 0.334. The van der Waals surface area contributed by atoms with Gasteiger partial charge >= 0.3 is 0 Å². The summed E-state index contributed by atoms with van der Waals surface area (Å²) in [6.07, 6.45) is 2.10.